The van der Waals surface area contributed by atoms with Crippen LogP contribution in [0, 0.1) is 0 Å². The van der Waals surface area contributed by atoms with Crippen molar-refractivity contribution >= 4 is 34.3 Å². The maximum Gasteiger partial charge on any atom is 0.327 e. The van der Waals surface area contributed by atoms with E-state index >= 15 is 0 Å². The highest BCUT2D eigenvalue weighted by Gasteiger charge is 2.18. The molecule has 0 saturated carbocycles. The van der Waals surface area contributed by atoms with Crippen LogP contribution in [0.2, 0.25) is 0 Å². The number of nitrogens with zero attached hydrogens (tertiary/aromatic N) is 1. The SMILES string of the molecule is CCOC(=O)C(N)c1ccncc1Br.Cl. The zero-order valence-electron chi connectivity index (χ0n) is 8.14. The zero-order valence-corrected chi connectivity index (χ0v) is 10.5. The molecule has 6 heteroatoms. The summed E-state index contributed by atoms with van der Waals surface area (Å²) in [6, 6.07) is 0.929. The first-order chi connectivity index (χ1) is 6.66. The van der Waals surface area contributed by atoms with Gasteiger partial charge in [0.1, 0.15) is 6.04 Å². The second-order valence-corrected chi connectivity index (χ2v) is 3.48. The van der Waals surface area contributed by atoms with Gasteiger partial charge in [0.25, 0.3) is 0 Å². The molecule has 0 aromatic carbocycles. The molecule has 1 heterocycles. The zero-order chi connectivity index (χ0) is 10.6. The van der Waals surface area contributed by atoms with Gasteiger partial charge in [-0.3, -0.25) is 4.98 Å². The number of rotatable bonds is 3. The fraction of sp³-hybridized carbons (Fsp3) is 0.333. The second kappa shape index (κ2) is 6.76. The van der Waals surface area contributed by atoms with Gasteiger partial charge in [-0.2, -0.15) is 0 Å². The molecule has 84 valence electrons. The number of carbonyl (C=O) groups excluding carboxylic acids is 1. The van der Waals surface area contributed by atoms with Gasteiger partial charge in [-0.05, 0) is 34.5 Å². The highest BCUT2D eigenvalue weighted by atomic mass is 79.9. The van der Waals surface area contributed by atoms with E-state index in [-0.39, 0.29) is 12.4 Å². The van der Waals surface area contributed by atoms with Crippen LogP contribution in [0.5, 0.6) is 0 Å². The summed E-state index contributed by atoms with van der Waals surface area (Å²) in [5.74, 6) is -0.431. The largest absolute Gasteiger partial charge is 0.465 e. The molecule has 0 aliphatic rings. The molecule has 1 unspecified atom stereocenters. The first-order valence-electron chi connectivity index (χ1n) is 4.18. The summed E-state index contributed by atoms with van der Waals surface area (Å²) in [7, 11) is 0. The van der Waals surface area contributed by atoms with Crippen molar-refractivity contribution in [2.24, 2.45) is 5.73 Å². The molecule has 0 bridgehead atoms. The predicted molar refractivity (Wildman–Crippen MR) is 62.7 cm³/mol. The van der Waals surface area contributed by atoms with Crippen molar-refractivity contribution in [1.29, 1.82) is 0 Å². The van der Waals surface area contributed by atoms with Crippen molar-refractivity contribution in [2.45, 2.75) is 13.0 Å². The van der Waals surface area contributed by atoms with Gasteiger partial charge in [0.05, 0.1) is 6.61 Å². The maximum absolute atomic E-state index is 11.3. The van der Waals surface area contributed by atoms with Gasteiger partial charge in [-0.25, -0.2) is 4.79 Å². The van der Waals surface area contributed by atoms with Crippen LogP contribution in [0.15, 0.2) is 22.9 Å². The fourth-order valence-electron chi connectivity index (χ4n) is 0.997. The summed E-state index contributed by atoms with van der Waals surface area (Å²) >= 11 is 3.27. The lowest BCUT2D eigenvalue weighted by Crippen LogP contribution is -2.24. The maximum atomic E-state index is 11.3. The normalized spacial score (nSPS) is 11.4. The third-order valence-electron chi connectivity index (χ3n) is 1.68. The van der Waals surface area contributed by atoms with Crippen LogP contribution < -0.4 is 5.73 Å². The topological polar surface area (TPSA) is 65.2 Å². The number of ether oxygens (including phenoxy) is 1. The molecule has 0 amide bonds. The van der Waals surface area contributed by atoms with Gasteiger partial charge < -0.3 is 10.5 Å². The average Bonchev–Trinajstić information content (AvgIpc) is 2.18. The summed E-state index contributed by atoms with van der Waals surface area (Å²) in [4.78, 5) is 15.2. The lowest BCUT2D eigenvalue weighted by Gasteiger charge is -2.11. The summed E-state index contributed by atoms with van der Waals surface area (Å²) in [6.45, 7) is 2.07. The van der Waals surface area contributed by atoms with Crippen molar-refractivity contribution in [3.8, 4) is 0 Å². The van der Waals surface area contributed by atoms with Crippen LogP contribution in [0.25, 0.3) is 0 Å². The van der Waals surface area contributed by atoms with E-state index in [1.54, 1.807) is 25.4 Å². The predicted octanol–water partition coefficient (Wildman–Crippen LogP) is 1.83. The molecule has 1 atom stereocenters. The molecule has 4 nitrogen and oxygen atoms in total. The van der Waals surface area contributed by atoms with E-state index in [1.165, 1.54) is 0 Å². The Morgan fingerprint density at radius 1 is 1.73 bits per heavy atom. The highest BCUT2D eigenvalue weighted by molar-refractivity contribution is 9.10. The lowest BCUT2D eigenvalue weighted by atomic mass is 10.1. The molecular weight excluding hydrogens is 283 g/mol. The number of carbonyl (C=O) groups is 1. The molecule has 1 rings (SSSR count). The van der Waals surface area contributed by atoms with E-state index in [0.29, 0.717) is 16.6 Å². The number of hydrogen-bond acceptors (Lipinski definition) is 4. The fourth-order valence-corrected chi connectivity index (χ4v) is 1.49. The van der Waals surface area contributed by atoms with E-state index < -0.39 is 12.0 Å². The molecule has 0 fully saturated rings. The molecule has 0 spiro atoms. The highest BCUT2D eigenvalue weighted by Crippen LogP contribution is 2.21. The van der Waals surface area contributed by atoms with Crippen LogP contribution >= 0.6 is 28.3 Å². The summed E-state index contributed by atoms with van der Waals surface area (Å²) in [6.07, 6.45) is 3.17. The second-order valence-electron chi connectivity index (χ2n) is 2.63. The van der Waals surface area contributed by atoms with Crippen molar-refractivity contribution < 1.29 is 9.53 Å². The van der Waals surface area contributed by atoms with E-state index in [2.05, 4.69) is 20.9 Å². The Hall–Kier alpha value is -0.650. The molecular formula is C9H12BrClN2O2. The Kier molecular flexibility index (Phi) is 6.47. The third kappa shape index (κ3) is 3.77. The number of halogens is 2. The van der Waals surface area contributed by atoms with E-state index in [9.17, 15) is 4.79 Å². The van der Waals surface area contributed by atoms with Gasteiger partial charge in [0.15, 0.2) is 0 Å². The molecule has 1 aromatic rings. The van der Waals surface area contributed by atoms with E-state index in [0.717, 1.165) is 0 Å². The first kappa shape index (κ1) is 14.3. The Labute approximate surface area is 103 Å². The number of nitrogens with two attached hydrogens (primary N) is 1. The molecule has 0 aliphatic heterocycles. The number of pyridine rings is 1. The van der Waals surface area contributed by atoms with Crippen molar-refractivity contribution in [1.82, 2.24) is 4.98 Å². The van der Waals surface area contributed by atoms with E-state index in [1.807, 2.05) is 0 Å². The molecule has 0 radical (unpaired) electrons. The number of esters is 1. The van der Waals surface area contributed by atoms with Gasteiger partial charge in [-0.15, -0.1) is 12.4 Å². The van der Waals surface area contributed by atoms with Crippen molar-refractivity contribution in [2.75, 3.05) is 6.61 Å². The minimum absolute atomic E-state index is 0. The summed E-state index contributed by atoms with van der Waals surface area (Å²) < 4.78 is 5.52. The Balaban J connectivity index is 0.00000196. The molecule has 0 aliphatic carbocycles. The minimum Gasteiger partial charge on any atom is -0.465 e. The van der Waals surface area contributed by atoms with Crippen LogP contribution in [0.1, 0.15) is 18.5 Å². The summed E-state index contributed by atoms with van der Waals surface area (Å²) in [5, 5.41) is 0. The van der Waals surface area contributed by atoms with Crippen LogP contribution in [0.3, 0.4) is 0 Å². The smallest absolute Gasteiger partial charge is 0.327 e. The van der Waals surface area contributed by atoms with Crippen molar-refractivity contribution in [3.63, 3.8) is 0 Å². The quantitative estimate of drug-likeness (QED) is 0.864. The molecule has 0 saturated heterocycles. The number of hydrogen-bond donors (Lipinski definition) is 1. The van der Waals surface area contributed by atoms with Gasteiger partial charge >= 0.3 is 5.97 Å². The van der Waals surface area contributed by atoms with Crippen molar-refractivity contribution in [3.05, 3.63) is 28.5 Å². The van der Waals surface area contributed by atoms with Gasteiger partial charge in [0.2, 0.25) is 0 Å². The number of aromatic nitrogens is 1. The van der Waals surface area contributed by atoms with Gasteiger partial charge in [0, 0.05) is 16.9 Å². The van der Waals surface area contributed by atoms with Crippen LogP contribution in [-0.2, 0) is 9.53 Å². The Bertz CT molecular complexity index is 336. The first-order valence-corrected chi connectivity index (χ1v) is 4.97. The third-order valence-corrected chi connectivity index (χ3v) is 2.34. The molecule has 1 aromatic heterocycles. The average molecular weight is 296 g/mol. The standard InChI is InChI=1S/C9H11BrN2O2.ClH/c1-2-14-9(13)8(11)6-3-4-12-5-7(6)10;/h3-5,8H,2,11H2,1H3;1H. The Morgan fingerprint density at radius 3 is 2.93 bits per heavy atom. The monoisotopic (exact) mass is 294 g/mol. The van der Waals surface area contributed by atoms with E-state index in [4.69, 9.17) is 10.5 Å². The van der Waals surface area contributed by atoms with Crippen LogP contribution in [0.4, 0.5) is 0 Å². The van der Waals surface area contributed by atoms with Crippen LogP contribution in [-0.4, -0.2) is 17.6 Å². The minimum atomic E-state index is -0.757. The van der Waals surface area contributed by atoms with Gasteiger partial charge in [-0.1, -0.05) is 0 Å². The molecule has 15 heavy (non-hydrogen) atoms. The Morgan fingerprint density at radius 2 is 2.40 bits per heavy atom. The molecule has 2 N–H and O–H groups in total. The lowest BCUT2D eigenvalue weighted by molar-refractivity contribution is -0.144. The summed E-state index contributed by atoms with van der Waals surface area (Å²) in [5.41, 5.74) is 6.37.